The van der Waals surface area contributed by atoms with E-state index in [1.165, 1.54) is 22.3 Å². The van der Waals surface area contributed by atoms with Gasteiger partial charge in [0, 0.05) is 0 Å². The van der Waals surface area contributed by atoms with E-state index in [-0.39, 0.29) is 12.2 Å². The van der Waals surface area contributed by atoms with Gasteiger partial charge in [-0.05, 0) is 36.1 Å². The van der Waals surface area contributed by atoms with Crippen molar-refractivity contribution in [2.24, 2.45) is 0 Å². The number of hydrogen-bond acceptors (Lipinski definition) is 2. The Bertz CT molecular complexity index is 698. The van der Waals surface area contributed by atoms with Crippen LogP contribution in [0.2, 0.25) is 0 Å². The first-order valence-corrected chi connectivity index (χ1v) is 9.13. The van der Waals surface area contributed by atoms with Gasteiger partial charge >= 0.3 is 0 Å². The van der Waals surface area contributed by atoms with E-state index in [2.05, 4.69) is 62.4 Å². The molecule has 2 nitrogen and oxygen atoms in total. The molecular weight excluding hydrogens is 320 g/mol. The summed E-state index contributed by atoms with van der Waals surface area (Å²) in [5.74, 6) is 0. The standard InChI is InChI=1S/C24H26O2/c1-19(23-9-5-3-6-10-23)25-17-21-13-15-22(16-14-21)18-26-20(2)24-11-7-4-8-12-24/h3-16,19-20H,17-18H2,1-2H3. The summed E-state index contributed by atoms with van der Waals surface area (Å²) in [5.41, 5.74) is 4.75. The van der Waals surface area contributed by atoms with E-state index in [9.17, 15) is 0 Å². The molecule has 0 saturated carbocycles. The second-order valence-corrected chi connectivity index (χ2v) is 6.54. The molecule has 0 aliphatic heterocycles. The minimum atomic E-state index is 0.0888. The second-order valence-electron chi connectivity index (χ2n) is 6.54. The molecule has 0 heterocycles. The van der Waals surface area contributed by atoms with Crippen LogP contribution in [-0.2, 0) is 22.7 Å². The van der Waals surface area contributed by atoms with Gasteiger partial charge in [-0.1, -0.05) is 84.9 Å². The zero-order valence-corrected chi connectivity index (χ0v) is 15.5. The van der Waals surface area contributed by atoms with Gasteiger partial charge in [-0.2, -0.15) is 0 Å². The van der Waals surface area contributed by atoms with Crippen LogP contribution in [0.5, 0.6) is 0 Å². The molecular formula is C24H26O2. The lowest BCUT2D eigenvalue weighted by molar-refractivity contribution is 0.0509. The molecule has 0 aliphatic rings. The van der Waals surface area contributed by atoms with Gasteiger partial charge in [-0.25, -0.2) is 0 Å². The summed E-state index contributed by atoms with van der Waals surface area (Å²) in [6, 6.07) is 29.1. The largest absolute Gasteiger partial charge is 0.369 e. The molecule has 3 rings (SSSR count). The average Bonchev–Trinajstić information content (AvgIpc) is 2.72. The molecule has 0 N–H and O–H groups in total. The minimum Gasteiger partial charge on any atom is -0.369 e. The molecule has 0 spiro atoms. The van der Waals surface area contributed by atoms with Gasteiger partial charge in [0.25, 0.3) is 0 Å². The maximum absolute atomic E-state index is 5.98. The van der Waals surface area contributed by atoms with Crippen LogP contribution in [0.4, 0.5) is 0 Å². The lowest BCUT2D eigenvalue weighted by Gasteiger charge is -2.15. The highest BCUT2D eigenvalue weighted by Gasteiger charge is 2.07. The SMILES string of the molecule is CC(OCc1ccc(COC(C)c2ccccc2)cc1)c1ccccc1. The summed E-state index contributed by atoms with van der Waals surface area (Å²) in [7, 11) is 0. The summed E-state index contributed by atoms with van der Waals surface area (Å²) in [5, 5.41) is 0. The highest BCUT2D eigenvalue weighted by Crippen LogP contribution is 2.20. The Morgan fingerprint density at radius 3 is 1.23 bits per heavy atom. The Kier molecular flexibility index (Phi) is 6.59. The van der Waals surface area contributed by atoms with Gasteiger partial charge in [-0.15, -0.1) is 0 Å². The molecule has 3 aromatic rings. The second kappa shape index (κ2) is 9.33. The molecule has 26 heavy (non-hydrogen) atoms. The molecule has 0 aliphatic carbocycles. The first kappa shape index (κ1) is 18.4. The van der Waals surface area contributed by atoms with Crippen molar-refractivity contribution in [1.82, 2.24) is 0 Å². The highest BCUT2D eigenvalue weighted by molar-refractivity contribution is 5.22. The molecule has 3 aromatic carbocycles. The van der Waals surface area contributed by atoms with Crippen LogP contribution >= 0.6 is 0 Å². The Morgan fingerprint density at radius 1 is 0.538 bits per heavy atom. The third-order valence-corrected chi connectivity index (χ3v) is 4.56. The van der Waals surface area contributed by atoms with Crippen molar-refractivity contribution in [3.05, 3.63) is 107 Å². The molecule has 2 heteroatoms. The van der Waals surface area contributed by atoms with Crippen LogP contribution in [0, 0.1) is 0 Å². The van der Waals surface area contributed by atoms with Gasteiger partial charge in [0.05, 0.1) is 25.4 Å². The van der Waals surface area contributed by atoms with Crippen LogP contribution in [0.3, 0.4) is 0 Å². The fourth-order valence-electron chi connectivity index (χ4n) is 2.81. The van der Waals surface area contributed by atoms with E-state index >= 15 is 0 Å². The van der Waals surface area contributed by atoms with Crippen molar-refractivity contribution in [1.29, 1.82) is 0 Å². The maximum Gasteiger partial charge on any atom is 0.0801 e. The number of hydrogen-bond donors (Lipinski definition) is 0. The van der Waals surface area contributed by atoms with Crippen LogP contribution in [0.1, 0.15) is 48.3 Å². The highest BCUT2D eigenvalue weighted by atomic mass is 16.5. The Labute approximate surface area is 156 Å². The summed E-state index contributed by atoms with van der Waals surface area (Å²) >= 11 is 0. The van der Waals surface area contributed by atoms with E-state index in [4.69, 9.17) is 9.47 Å². The Hall–Kier alpha value is -2.42. The average molecular weight is 346 g/mol. The molecule has 134 valence electrons. The quantitative estimate of drug-likeness (QED) is 0.480. The minimum absolute atomic E-state index is 0.0888. The third-order valence-electron chi connectivity index (χ3n) is 4.56. The molecule has 2 unspecified atom stereocenters. The molecule has 0 radical (unpaired) electrons. The van der Waals surface area contributed by atoms with Gasteiger partial charge < -0.3 is 9.47 Å². The monoisotopic (exact) mass is 346 g/mol. The van der Waals surface area contributed by atoms with Gasteiger partial charge in [0.1, 0.15) is 0 Å². The van der Waals surface area contributed by atoms with Crippen molar-refractivity contribution in [2.75, 3.05) is 0 Å². The number of benzene rings is 3. The van der Waals surface area contributed by atoms with E-state index in [1.807, 2.05) is 36.4 Å². The fraction of sp³-hybridized carbons (Fsp3) is 0.250. The summed E-state index contributed by atoms with van der Waals surface area (Å²) < 4.78 is 12.0. The number of ether oxygens (including phenoxy) is 2. The topological polar surface area (TPSA) is 18.5 Å². The van der Waals surface area contributed by atoms with Crippen molar-refractivity contribution < 1.29 is 9.47 Å². The summed E-state index contributed by atoms with van der Waals surface area (Å²) in [4.78, 5) is 0. The van der Waals surface area contributed by atoms with Crippen molar-refractivity contribution >= 4 is 0 Å². The molecule has 0 fully saturated rings. The zero-order valence-electron chi connectivity index (χ0n) is 15.5. The van der Waals surface area contributed by atoms with Gasteiger partial charge in [-0.3, -0.25) is 0 Å². The fourth-order valence-corrected chi connectivity index (χ4v) is 2.81. The predicted molar refractivity (Wildman–Crippen MR) is 106 cm³/mol. The Morgan fingerprint density at radius 2 is 0.885 bits per heavy atom. The van der Waals surface area contributed by atoms with Crippen LogP contribution in [0.25, 0.3) is 0 Å². The van der Waals surface area contributed by atoms with E-state index in [0.29, 0.717) is 13.2 Å². The lowest BCUT2D eigenvalue weighted by atomic mass is 10.1. The van der Waals surface area contributed by atoms with E-state index < -0.39 is 0 Å². The van der Waals surface area contributed by atoms with Crippen LogP contribution < -0.4 is 0 Å². The molecule has 0 bridgehead atoms. The molecule has 0 aromatic heterocycles. The predicted octanol–water partition coefficient (Wildman–Crippen LogP) is 6.24. The van der Waals surface area contributed by atoms with Gasteiger partial charge in [0.15, 0.2) is 0 Å². The third kappa shape index (κ3) is 5.29. The first-order chi connectivity index (χ1) is 12.7. The van der Waals surface area contributed by atoms with Crippen molar-refractivity contribution in [3.63, 3.8) is 0 Å². The van der Waals surface area contributed by atoms with E-state index in [0.717, 1.165) is 0 Å². The van der Waals surface area contributed by atoms with Crippen molar-refractivity contribution in [3.8, 4) is 0 Å². The van der Waals surface area contributed by atoms with Crippen LogP contribution in [-0.4, -0.2) is 0 Å². The molecule has 0 amide bonds. The first-order valence-electron chi connectivity index (χ1n) is 9.13. The Balaban J connectivity index is 1.47. The van der Waals surface area contributed by atoms with Gasteiger partial charge in [0.2, 0.25) is 0 Å². The number of rotatable bonds is 8. The molecule has 2 atom stereocenters. The summed E-state index contributed by atoms with van der Waals surface area (Å²) in [6.45, 7) is 5.39. The summed E-state index contributed by atoms with van der Waals surface area (Å²) in [6.07, 6.45) is 0.178. The normalized spacial score (nSPS) is 13.3. The lowest BCUT2D eigenvalue weighted by Crippen LogP contribution is -2.02. The smallest absolute Gasteiger partial charge is 0.0801 e. The molecule has 0 saturated heterocycles. The van der Waals surface area contributed by atoms with Crippen molar-refractivity contribution in [2.45, 2.75) is 39.3 Å². The van der Waals surface area contributed by atoms with E-state index in [1.54, 1.807) is 0 Å². The van der Waals surface area contributed by atoms with Crippen LogP contribution in [0.15, 0.2) is 84.9 Å². The zero-order chi connectivity index (χ0) is 18.2. The maximum atomic E-state index is 5.98.